The van der Waals surface area contributed by atoms with Crippen molar-refractivity contribution in [2.45, 2.75) is 25.6 Å². The molecule has 19 heavy (non-hydrogen) atoms. The number of carbonyl (C=O) groups is 1. The summed E-state index contributed by atoms with van der Waals surface area (Å²) in [6.07, 6.45) is -1.82. The zero-order valence-corrected chi connectivity index (χ0v) is 10.6. The first kappa shape index (κ1) is 15.1. The van der Waals surface area contributed by atoms with Gasteiger partial charge in [0.1, 0.15) is 5.60 Å². The Bertz CT molecular complexity index is 485. The standard InChI is InChI=1S/C12H15NO6/c1-3-19-11(15)10(14)12(2,16)8-5-4-6-9(7-8)13(17)18/h4-7,10,14,16H,3H2,1-2H3. The third kappa shape index (κ3) is 3.27. The first-order chi connectivity index (χ1) is 8.80. The van der Waals surface area contributed by atoms with E-state index in [1.807, 2.05) is 0 Å². The van der Waals surface area contributed by atoms with Gasteiger partial charge >= 0.3 is 5.97 Å². The van der Waals surface area contributed by atoms with Gasteiger partial charge in [-0.3, -0.25) is 10.1 Å². The number of carbonyl (C=O) groups excluding carboxylic acids is 1. The fraction of sp³-hybridized carbons (Fsp3) is 0.417. The maximum absolute atomic E-state index is 11.4. The zero-order chi connectivity index (χ0) is 14.6. The van der Waals surface area contributed by atoms with E-state index in [1.54, 1.807) is 6.92 Å². The molecule has 104 valence electrons. The molecule has 1 aromatic carbocycles. The quantitative estimate of drug-likeness (QED) is 0.463. The van der Waals surface area contributed by atoms with Crippen LogP contribution in [-0.4, -0.2) is 33.8 Å². The van der Waals surface area contributed by atoms with Crippen LogP contribution in [0.2, 0.25) is 0 Å². The Hall–Kier alpha value is -1.99. The van der Waals surface area contributed by atoms with Crippen molar-refractivity contribution < 1.29 is 24.7 Å². The molecule has 7 nitrogen and oxygen atoms in total. The summed E-state index contributed by atoms with van der Waals surface area (Å²) in [6.45, 7) is 2.81. The largest absolute Gasteiger partial charge is 0.464 e. The van der Waals surface area contributed by atoms with Crippen molar-refractivity contribution in [2.24, 2.45) is 0 Å². The SMILES string of the molecule is CCOC(=O)C(O)C(C)(O)c1cccc([N+](=O)[O-])c1. The molecule has 2 atom stereocenters. The van der Waals surface area contributed by atoms with Crippen LogP contribution in [0.4, 0.5) is 5.69 Å². The Morgan fingerprint density at radius 2 is 2.21 bits per heavy atom. The number of non-ortho nitro benzene ring substituents is 1. The molecular weight excluding hydrogens is 254 g/mol. The average Bonchev–Trinajstić information content (AvgIpc) is 2.38. The van der Waals surface area contributed by atoms with E-state index in [-0.39, 0.29) is 17.9 Å². The molecule has 0 fully saturated rings. The van der Waals surface area contributed by atoms with Gasteiger partial charge in [0.05, 0.1) is 11.5 Å². The number of aliphatic hydroxyl groups is 2. The van der Waals surface area contributed by atoms with Crippen LogP contribution in [-0.2, 0) is 15.1 Å². The van der Waals surface area contributed by atoms with E-state index in [1.165, 1.54) is 25.1 Å². The van der Waals surface area contributed by atoms with Crippen molar-refractivity contribution >= 4 is 11.7 Å². The third-order valence-electron chi connectivity index (χ3n) is 2.68. The number of nitrogens with zero attached hydrogens (tertiary/aromatic N) is 1. The summed E-state index contributed by atoms with van der Waals surface area (Å²) < 4.78 is 4.61. The van der Waals surface area contributed by atoms with Crippen LogP contribution in [0.25, 0.3) is 0 Å². The van der Waals surface area contributed by atoms with Crippen LogP contribution in [0.1, 0.15) is 19.4 Å². The first-order valence-corrected chi connectivity index (χ1v) is 5.62. The number of esters is 1. The van der Waals surface area contributed by atoms with E-state index in [4.69, 9.17) is 0 Å². The normalized spacial score (nSPS) is 15.4. The number of rotatable bonds is 5. The molecule has 0 aromatic heterocycles. The monoisotopic (exact) mass is 269 g/mol. The summed E-state index contributed by atoms with van der Waals surface area (Å²) in [7, 11) is 0. The van der Waals surface area contributed by atoms with Crippen molar-refractivity contribution in [1.82, 2.24) is 0 Å². The van der Waals surface area contributed by atoms with Gasteiger partial charge in [0, 0.05) is 12.1 Å². The van der Waals surface area contributed by atoms with Crippen LogP contribution >= 0.6 is 0 Å². The van der Waals surface area contributed by atoms with Crippen LogP contribution < -0.4 is 0 Å². The summed E-state index contributed by atoms with van der Waals surface area (Å²) >= 11 is 0. The Balaban J connectivity index is 3.08. The second kappa shape index (κ2) is 5.77. The Morgan fingerprint density at radius 1 is 1.58 bits per heavy atom. The molecule has 0 saturated carbocycles. The van der Waals surface area contributed by atoms with Gasteiger partial charge in [-0.15, -0.1) is 0 Å². The number of benzene rings is 1. The van der Waals surface area contributed by atoms with Gasteiger partial charge in [-0.1, -0.05) is 12.1 Å². The van der Waals surface area contributed by atoms with Crippen LogP contribution in [0, 0.1) is 10.1 Å². The second-order valence-corrected chi connectivity index (χ2v) is 4.11. The highest BCUT2D eigenvalue weighted by atomic mass is 16.6. The Morgan fingerprint density at radius 3 is 2.74 bits per heavy atom. The summed E-state index contributed by atoms with van der Waals surface area (Å²) in [6, 6.07) is 5.09. The topological polar surface area (TPSA) is 110 Å². The van der Waals surface area contributed by atoms with Crippen molar-refractivity contribution in [3.63, 3.8) is 0 Å². The lowest BCUT2D eigenvalue weighted by Crippen LogP contribution is -2.43. The number of hydrogen-bond acceptors (Lipinski definition) is 6. The van der Waals surface area contributed by atoms with Gasteiger partial charge in [0.15, 0.2) is 6.10 Å². The highest BCUT2D eigenvalue weighted by molar-refractivity contribution is 5.76. The molecule has 0 bridgehead atoms. The lowest BCUT2D eigenvalue weighted by Gasteiger charge is -2.27. The van der Waals surface area contributed by atoms with E-state index in [9.17, 15) is 25.1 Å². The smallest absolute Gasteiger partial charge is 0.338 e. The highest BCUT2D eigenvalue weighted by Crippen LogP contribution is 2.28. The van der Waals surface area contributed by atoms with Gasteiger partial charge in [-0.05, 0) is 19.4 Å². The van der Waals surface area contributed by atoms with E-state index in [0.29, 0.717) is 0 Å². The molecular formula is C12H15NO6. The number of hydrogen-bond donors (Lipinski definition) is 2. The molecule has 0 amide bonds. The van der Waals surface area contributed by atoms with Crippen molar-refractivity contribution in [2.75, 3.05) is 6.61 Å². The molecule has 1 aromatic rings. The van der Waals surface area contributed by atoms with Gasteiger partial charge in [0.2, 0.25) is 0 Å². The first-order valence-electron chi connectivity index (χ1n) is 5.62. The molecule has 0 aliphatic carbocycles. The summed E-state index contributed by atoms with van der Waals surface area (Å²) in [5, 5.41) is 30.6. The van der Waals surface area contributed by atoms with Gasteiger partial charge < -0.3 is 14.9 Å². The summed E-state index contributed by atoms with van der Waals surface area (Å²) in [5.74, 6) is -0.987. The molecule has 7 heteroatoms. The minimum atomic E-state index is -1.97. The minimum Gasteiger partial charge on any atom is -0.464 e. The maximum atomic E-state index is 11.4. The van der Waals surface area contributed by atoms with Crippen molar-refractivity contribution in [1.29, 1.82) is 0 Å². The molecule has 0 heterocycles. The fourth-order valence-electron chi connectivity index (χ4n) is 1.54. The predicted molar refractivity (Wildman–Crippen MR) is 65.3 cm³/mol. The van der Waals surface area contributed by atoms with E-state index in [0.717, 1.165) is 6.07 Å². The summed E-state index contributed by atoms with van der Waals surface area (Å²) in [4.78, 5) is 21.4. The van der Waals surface area contributed by atoms with E-state index < -0.39 is 22.6 Å². The van der Waals surface area contributed by atoms with Gasteiger partial charge in [0.25, 0.3) is 5.69 Å². The summed E-state index contributed by atoms with van der Waals surface area (Å²) in [5.41, 5.74) is -2.16. The highest BCUT2D eigenvalue weighted by Gasteiger charge is 2.39. The third-order valence-corrected chi connectivity index (χ3v) is 2.68. The Kier molecular flexibility index (Phi) is 4.57. The number of nitro groups is 1. The van der Waals surface area contributed by atoms with Gasteiger partial charge in [-0.2, -0.15) is 0 Å². The van der Waals surface area contributed by atoms with Crippen molar-refractivity contribution in [3.05, 3.63) is 39.9 Å². The molecule has 2 N–H and O–H groups in total. The molecule has 0 aliphatic rings. The molecule has 0 spiro atoms. The van der Waals surface area contributed by atoms with Crippen LogP contribution in [0.5, 0.6) is 0 Å². The van der Waals surface area contributed by atoms with E-state index in [2.05, 4.69) is 4.74 Å². The lowest BCUT2D eigenvalue weighted by molar-refractivity contribution is -0.385. The number of aliphatic hydroxyl groups excluding tert-OH is 1. The van der Waals surface area contributed by atoms with Crippen LogP contribution in [0.15, 0.2) is 24.3 Å². The van der Waals surface area contributed by atoms with Crippen LogP contribution in [0.3, 0.4) is 0 Å². The number of nitro benzene ring substituents is 1. The molecule has 0 saturated heterocycles. The molecule has 2 unspecified atom stereocenters. The fourth-order valence-corrected chi connectivity index (χ4v) is 1.54. The van der Waals surface area contributed by atoms with Gasteiger partial charge in [-0.25, -0.2) is 4.79 Å². The van der Waals surface area contributed by atoms with Crippen molar-refractivity contribution in [3.8, 4) is 0 Å². The lowest BCUT2D eigenvalue weighted by atomic mass is 9.90. The van der Waals surface area contributed by atoms with E-state index >= 15 is 0 Å². The zero-order valence-electron chi connectivity index (χ0n) is 10.6. The predicted octanol–water partition coefficient (Wildman–Crippen LogP) is 0.726. The molecule has 0 aliphatic heterocycles. The Labute approximate surface area is 109 Å². The molecule has 1 rings (SSSR count). The minimum absolute atomic E-state index is 0.0565. The maximum Gasteiger partial charge on any atom is 0.338 e. The second-order valence-electron chi connectivity index (χ2n) is 4.11. The molecule has 0 radical (unpaired) electrons. The average molecular weight is 269 g/mol. The number of ether oxygens (including phenoxy) is 1.